The Morgan fingerprint density at radius 2 is 2.25 bits per heavy atom. The Morgan fingerprint density at radius 1 is 1.50 bits per heavy atom. The highest BCUT2D eigenvalue weighted by Crippen LogP contribution is 2.32. The number of amides is 1. The number of carbonyl (C=O) groups excluding carboxylic acids is 1. The van der Waals surface area contributed by atoms with E-state index in [1.165, 1.54) is 0 Å². The maximum absolute atomic E-state index is 11.5. The first-order valence-corrected chi connectivity index (χ1v) is 5.22. The topological polar surface area (TPSA) is 49.8 Å². The van der Waals surface area contributed by atoms with Gasteiger partial charge in [0, 0.05) is 13.5 Å². The summed E-state index contributed by atoms with van der Waals surface area (Å²) >= 11 is 0. The van der Waals surface area contributed by atoms with E-state index in [-0.39, 0.29) is 11.9 Å². The molecule has 0 saturated carbocycles. The average molecular weight is 221 g/mol. The van der Waals surface area contributed by atoms with Gasteiger partial charge in [0.2, 0.25) is 0 Å². The van der Waals surface area contributed by atoms with E-state index in [4.69, 9.17) is 4.74 Å². The molecule has 2 rings (SSSR count). The number of carbonyl (C=O) groups is 1. The van der Waals surface area contributed by atoms with Crippen molar-refractivity contribution in [2.75, 3.05) is 14.2 Å². The monoisotopic (exact) mass is 221 g/mol. The second kappa shape index (κ2) is 4.14. The third kappa shape index (κ3) is 1.76. The first-order valence-electron chi connectivity index (χ1n) is 5.22. The molecule has 4 heteroatoms. The van der Waals surface area contributed by atoms with E-state index in [2.05, 4.69) is 0 Å². The Kier molecular flexibility index (Phi) is 2.83. The molecule has 0 unspecified atom stereocenters. The van der Waals surface area contributed by atoms with Gasteiger partial charge in [0.25, 0.3) is 5.91 Å². The number of likely N-dealkylation sites (N-methyl/N-ethyl adjacent to an activating group) is 1. The molecule has 1 aliphatic rings. The largest absolute Gasteiger partial charge is 0.497 e. The van der Waals surface area contributed by atoms with Gasteiger partial charge in [0.1, 0.15) is 11.9 Å². The van der Waals surface area contributed by atoms with Crippen LogP contribution in [0.2, 0.25) is 0 Å². The number of aliphatic hydroxyl groups excluding tert-OH is 1. The van der Waals surface area contributed by atoms with Crippen molar-refractivity contribution < 1.29 is 14.6 Å². The van der Waals surface area contributed by atoms with Gasteiger partial charge in [0.05, 0.1) is 13.2 Å². The van der Waals surface area contributed by atoms with Crippen molar-refractivity contribution in [2.45, 2.75) is 18.6 Å². The molecule has 1 aromatic rings. The zero-order chi connectivity index (χ0) is 11.7. The lowest BCUT2D eigenvalue weighted by molar-refractivity contribution is -0.134. The second-order valence-corrected chi connectivity index (χ2v) is 3.99. The van der Waals surface area contributed by atoms with E-state index in [0.29, 0.717) is 6.42 Å². The number of rotatable bonds is 2. The van der Waals surface area contributed by atoms with E-state index in [0.717, 1.165) is 11.3 Å². The summed E-state index contributed by atoms with van der Waals surface area (Å²) < 4.78 is 5.14. The third-order valence-electron chi connectivity index (χ3n) is 3.03. The Hall–Kier alpha value is -1.55. The minimum atomic E-state index is -0.874. The number of benzene rings is 1. The van der Waals surface area contributed by atoms with Gasteiger partial charge in [-0.05, 0) is 17.7 Å². The molecule has 1 aromatic carbocycles. The highest BCUT2D eigenvalue weighted by Gasteiger charge is 2.36. The zero-order valence-corrected chi connectivity index (χ0v) is 9.38. The first kappa shape index (κ1) is 11.0. The van der Waals surface area contributed by atoms with Crippen molar-refractivity contribution in [3.63, 3.8) is 0 Å². The molecule has 0 aliphatic carbocycles. The quantitative estimate of drug-likeness (QED) is 0.809. The average Bonchev–Trinajstić information content (AvgIpc) is 2.57. The van der Waals surface area contributed by atoms with E-state index in [1.54, 1.807) is 19.1 Å². The Bertz CT molecular complexity index is 405. The molecule has 2 atom stereocenters. The predicted molar refractivity (Wildman–Crippen MR) is 59.1 cm³/mol. The highest BCUT2D eigenvalue weighted by atomic mass is 16.5. The van der Waals surface area contributed by atoms with Crippen LogP contribution in [-0.2, 0) is 4.79 Å². The second-order valence-electron chi connectivity index (χ2n) is 3.99. The van der Waals surface area contributed by atoms with Crippen LogP contribution in [-0.4, -0.2) is 36.2 Å². The molecular weight excluding hydrogens is 206 g/mol. The van der Waals surface area contributed by atoms with Crippen LogP contribution in [0.15, 0.2) is 24.3 Å². The third-order valence-corrected chi connectivity index (χ3v) is 3.03. The van der Waals surface area contributed by atoms with Crippen LogP contribution in [0.1, 0.15) is 18.0 Å². The fourth-order valence-electron chi connectivity index (χ4n) is 2.07. The van der Waals surface area contributed by atoms with E-state index >= 15 is 0 Å². The summed E-state index contributed by atoms with van der Waals surface area (Å²) in [6.45, 7) is 0. The van der Waals surface area contributed by atoms with Crippen molar-refractivity contribution in [2.24, 2.45) is 0 Å². The molecule has 1 N–H and O–H groups in total. The molecule has 16 heavy (non-hydrogen) atoms. The van der Waals surface area contributed by atoms with Crippen LogP contribution < -0.4 is 4.74 Å². The molecule has 86 valence electrons. The van der Waals surface area contributed by atoms with Crippen molar-refractivity contribution in [1.82, 2.24) is 4.90 Å². The van der Waals surface area contributed by atoms with E-state index in [9.17, 15) is 9.90 Å². The van der Waals surface area contributed by atoms with Gasteiger partial charge in [-0.2, -0.15) is 0 Å². The molecule has 4 nitrogen and oxygen atoms in total. The molecular formula is C12H15NO3. The van der Waals surface area contributed by atoms with Crippen molar-refractivity contribution in [3.05, 3.63) is 29.8 Å². The Balaban J connectivity index is 2.27. The molecule has 1 fully saturated rings. The van der Waals surface area contributed by atoms with Gasteiger partial charge >= 0.3 is 0 Å². The summed E-state index contributed by atoms with van der Waals surface area (Å²) in [7, 11) is 3.32. The normalized spacial score (nSPS) is 24.9. The van der Waals surface area contributed by atoms with Gasteiger partial charge in [-0.15, -0.1) is 0 Å². The van der Waals surface area contributed by atoms with E-state index in [1.807, 2.05) is 24.3 Å². The first-order chi connectivity index (χ1) is 7.63. The maximum atomic E-state index is 11.5. The number of methoxy groups -OCH3 is 1. The lowest BCUT2D eigenvalue weighted by Gasteiger charge is -2.20. The van der Waals surface area contributed by atoms with Crippen LogP contribution in [0.5, 0.6) is 5.75 Å². The summed E-state index contributed by atoms with van der Waals surface area (Å²) in [5, 5.41) is 9.50. The lowest BCUT2D eigenvalue weighted by atomic mass is 10.0. The van der Waals surface area contributed by atoms with Crippen LogP contribution in [0.3, 0.4) is 0 Å². The standard InChI is InChI=1S/C12H15NO3/c1-13-10(7-11(14)12(13)15)8-4-3-5-9(6-8)16-2/h3-6,10-11,14H,7H2,1-2H3/t10-,11+/m1/s1. The minimum Gasteiger partial charge on any atom is -0.497 e. The number of aliphatic hydroxyl groups is 1. The Labute approximate surface area is 94.4 Å². The molecule has 0 radical (unpaired) electrons. The molecule has 0 aromatic heterocycles. The van der Waals surface area contributed by atoms with Crippen LogP contribution >= 0.6 is 0 Å². The number of hydrogen-bond acceptors (Lipinski definition) is 3. The number of likely N-dealkylation sites (tertiary alicyclic amines) is 1. The number of hydrogen-bond donors (Lipinski definition) is 1. The SMILES string of the molecule is COc1cccc([C@H]2C[C@H](O)C(=O)N2C)c1. The fourth-order valence-corrected chi connectivity index (χ4v) is 2.07. The summed E-state index contributed by atoms with van der Waals surface area (Å²) in [6.07, 6.45) is -0.427. The van der Waals surface area contributed by atoms with Gasteiger partial charge in [-0.25, -0.2) is 0 Å². The van der Waals surface area contributed by atoms with E-state index < -0.39 is 6.10 Å². The maximum Gasteiger partial charge on any atom is 0.251 e. The summed E-state index contributed by atoms with van der Waals surface area (Å²) in [4.78, 5) is 13.1. The van der Waals surface area contributed by atoms with Gasteiger partial charge < -0.3 is 14.7 Å². The highest BCUT2D eigenvalue weighted by molar-refractivity contribution is 5.83. The smallest absolute Gasteiger partial charge is 0.251 e. The molecule has 1 saturated heterocycles. The molecule has 1 heterocycles. The van der Waals surface area contributed by atoms with Crippen molar-refractivity contribution in [3.8, 4) is 5.75 Å². The van der Waals surface area contributed by atoms with Crippen LogP contribution in [0.25, 0.3) is 0 Å². The van der Waals surface area contributed by atoms with Gasteiger partial charge in [-0.3, -0.25) is 4.79 Å². The van der Waals surface area contributed by atoms with Crippen molar-refractivity contribution in [1.29, 1.82) is 0 Å². The molecule has 0 spiro atoms. The Morgan fingerprint density at radius 3 is 2.81 bits per heavy atom. The fraction of sp³-hybridized carbons (Fsp3) is 0.417. The van der Waals surface area contributed by atoms with Gasteiger partial charge in [-0.1, -0.05) is 12.1 Å². The summed E-state index contributed by atoms with van der Waals surface area (Å²) in [6, 6.07) is 7.52. The molecule has 0 bridgehead atoms. The predicted octanol–water partition coefficient (Wildman–Crippen LogP) is 0.959. The van der Waals surface area contributed by atoms with Crippen LogP contribution in [0.4, 0.5) is 0 Å². The number of ether oxygens (including phenoxy) is 1. The van der Waals surface area contributed by atoms with Crippen LogP contribution in [0, 0.1) is 0 Å². The molecule has 1 aliphatic heterocycles. The van der Waals surface area contributed by atoms with Gasteiger partial charge in [0.15, 0.2) is 0 Å². The molecule has 1 amide bonds. The van der Waals surface area contributed by atoms with Crippen molar-refractivity contribution >= 4 is 5.91 Å². The summed E-state index contributed by atoms with van der Waals surface area (Å²) in [5.41, 5.74) is 0.992. The number of nitrogens with zero attached hydrogens (tertiary/aromatic N) is 1. The minimum absolute atomic E-state index is 0.0578. The summed E-state index contributed by atoms with van der Waals surface area (Å²) in [5.74, 6) is 0.549. The zero-order valence-electron chi connectivity index (χ0n) is 9.38. The lowest BCUT2D eigenvalue weighted by Crippen LogP contribution is -2.26.